The van der Waals surface area contributed by atoms with Crippen LogP contribution < -0.4 is 5.23 Å². The fourth-order valence-electron chi connectivity index (χ4n) is 0.866. The standard InChI is InChI=1S/C6H9N3O4/c1-8-5(3-13-4-10)7-2-6(8)9(11)12/h2,4,11-12H,3H2,1H3. The lowest BCUT2D eigenvalue weighted by atomic mass is 10.6. The van der Waals surface area contributed by atoms with Gasteiger partial charge in [0.25, 0.3) is 6.47 Å². The molecule has 72 valence electrons. The minimum Gasteiger partial charge on any atom is -0.460 e. The highest BCUT2D eigenvalue weighted by Gasteiger charge is 2.09. The smallest absolute Gasteiger partial charge is 0.293 e. The molecular formula is C6H9N3O4. The van der Waals surface area contributed by atoms with Crippen LogP contribution in [0.3, 0.4) is 0 Å². The molecule has 0 aliphatic heterocycles. The maximum atomic E-state index is 9.86. The first kappa shape index (κ1) is 9.49. The number of carbonyl (C=O) groups is 1. The van der Waals surface area contributed by atoms with Crippen molar-refractivity contribution in [3.63, 3.8) is 0 Å². The minimum atomic E-state index is -0.0581. The van der Waals surface area contributed by atoms with Gasteiger partial charge in [0, 0.05) is 7.05 Å². The Morgan fingerprint density at radius 3 is 2.92 bits per heavy atom. The summed E-state index contributed by atoms with van der Waals surface area (Å²) in [4.78, 5) is 13.7. The van der Waals surface area contributed by atoms with E-state index in [1.54, 1.807) is 7.05 Å². The fourth-order valence-corrected chi connectivity index (χ4v) is 0.866. The molecule has 0 unspecified atom stereocenters. The average molecular weight is 187 g/mol. The van der Waals surface area contributed by atoms with Gasteiger partial charge in [-0.2, -0.15) is 0 Å². The van der Waals surface area contributed by atoms with E-state index in [0.29, 0.717) is 12.3 Å². The lowest BCUT2D eigenvalue weighted by molar-refractivity contribution is -0.130. The second-order valence-electron chi connectivity index (χ2n) is 2.29. The van der Waals surface area contributed by atoms with Gasteiger partial charge in [0.2, 0.25) is 0 Å². The SMILES string of the molecule is Cn1c(N(O)O)cnc1COC=O. The third-order valence-corrected chi connectivity index (χ3v) is 1.55. The molecule has 0 atom stereocenters. The molecule has 0 amide bonds. The molecule has 1 heterocycles. The summed E-state index contributed by atoms with van der Waals surface area (Å²) in [6.45, 7) is 0.290. The van der Waals surface area contributed by atoms with Gasteiger partial charge >= 0.3 is 0 Å². The molecule has 1 rings (SSSR count). The van der Waals surface area contributed by atoms with Crippen molar-refractivity contribution < 1.29 is 19.9 Å². The first-order chi connectivity index (χ1) is 6.16. The molecule has 0 fully saturated rings. The van der Waals surface area contributed by atoms with E-state index in [4.69, 9.17) is 10.4 Å². The molecule has 1 aromatic heterocycles. The van der Waals surface area contributed by atoms with Gasteiger partial charge in [-0.3, -0.25) is 15.2 Å². The molecule has 0 bridgehead atoms. The van der Waals surface area contributed by atoms with E-state index in [2.05, 4.69) is 9.72 Å². The number of ether oxygens (including phenoxy) is 1. The lowest BCUT2D eigenvalue weighted by Crippen LogP contribution is -2.15. The molecule has 7 heteroatoms. The number of carbonyl (C=O) groups excluding carboxylic acids is 1. The highest BCUT2D eigenvalue weighted by atomic mass is 16.8. The molecule has 7 nitrogen and oxygen atoms in total. The number of rotatable bonds is 4. The van der Waals surface area contributed by atoms with E-state index in [9.17, 15) is 4.79 Å². The summed E-state index contributed by atoms with van der Waals surface area (Å²) in [5.74, 6) is 0.500. The molecule has 0 saturated heterocycles. The Morgan fingerprint density at radius 2 is 2.46 bits per heavy atom. The molecule has 2 N–H and O–H groups in total. The van der Waals surface area contributed by atoms with Crippen molar-refractivity contribution in [2.45, 2.75) is 6.61 Å². The van der Waals surface area contributed by atoms with E-state index < -0.39 is 0 Å². The van der Waals surface area contributed by atoms with E-state index >= 15 is 0 Å². The molecule has 0 spiro atoms. The Labute approximate surface area is 73.7 Å². The minimum absolute atomic E-state index is 0.00611. The van der Waals surface area contributed by atoms with Crippen LogP contribution in [-0.2, 0) is 23.2 Å². The maximum absolute atomic E-state index is 9.86. The van der Waals surface area contributed by atoms with Crippen molar-refractivity contribution in [1.29, 1.82) is 0 Å². The van der Waals surface area contributed by atoms with Crippen molar-refractivity contribution in [1.82, 2.24) is 9.55 Å². The van der Waals surface area contributed by atoms with Crippen LogP contribution in [0.25, 0.3) is 0 Å². The molecule has 13 heavy (non-hydrogen) atoms. The van der Waals surface area contributed by atoms with E-state index in [-0.39, 0.29) is 17.7 Å². The highest BCUT2D eigenvalue weighted by molar-refractivity contribution is 5.37. The number of hydrogen-bond donors (Lipinski definition) is 2. The van der Waals surface area contributed by atoms with Gasteiger partial charge in [-0.1, -0.05) is 0 Å². The fraction of sp³-hybridized carbons (Fsp3) is 0.333. The summed E-state index contributed by atoms with van der Waals surface area (Å²) >= 11 is 0. The van der Waals surface area contributed by atoms with Gasteiger partial charge in [-0.05, 0) is 0 Å². The second kappa shape index (κ2) is 3.87. The number of hydrogen-bond acceptors (Lipinski definition) is 6. The van der Waals surface area contributed by atoms with Crippen LogP contribution in [0.2, 0.25) is 0 Å². The van der Waals surface area contributed by atoms with Gasteiger partial charge in [0.1, 0.15) is 12.4 Å². The summed E-state index contributed by atoms with van der Waals surface area (Å²) in [7, 11) is 1.56. The molecule has 0 aliphatic rings. The Morgan fingerprint density at radius 1 is 1.77 bits per heavy atom. The average Bonchev–Trinajstić information content (AvgIpc) is 2.43. The number of nitrogens with zero attached hydrogens (tertiary/aromatic N) is 3. The van der Waals surface area contributed by atoms with Crippen LogP contribution in [0.15, 0.2) is 6.20 Å². The van der Waals surface area contributed by atoms with Crippen molar-refractivity contribution in [2.75, 3.05) is 5.23 Å². The maximum Gasteiger partial charge on any atom is 0.293 e. The van der Waals surface area contributed by atoms with Crippen LogP contribution in [0.5, 0.6) is 0 Å². The monoisotopic (exact) mass is 187 g/mol. The van der Waals surface area contributed by atoms with Crippen molar-refractivity contribution in [3.05, 3.63) is 12.0 Å². The van der Waals surface area contributed by atoms with Crippen molar-refractivity contribution in [3.8, 4) is 0 Å². The summed E-state index contributed by atoms with van der Waals surface area (Å²) in [5.41, 5.74) is 0. The first-order valence-electron chi connectivity index (χ1n) is 3.40. The van der Waals surface area contributed by atoms with Gasteiger partial charge < -0.3 is 9.30 Å². The Bertz CT molecular complexity index is 296. The van der Waals surface area contributed by atoms with E-state index in [0.717, 1.165) is 0 Å². The highest BCUT2D eigenvalue weighted by Crippen LogP contribution is 2.11. The molecule has 0 saturated carbocycles. The van der Waals surface area contributed by atoms with Gasteiger partial charge in [0.05, 0.1) is 6.20 Å². The number of imidazole rings is 1. The van der Waals surface area contributed by atoms with Gasteiger partial charge in [0.15, 0.2) is 5.82 Å². The third-order valence-electron chi connectivity index (χ3n) is 1.55. The quantitative estimate of drug-likeness (QED) is 0.496. The first-order valence-corrected chi connectivity index (χ1v) is 3.40. The van der Waals surface area contributed by atoms with Gasteiger partial charge in [-0.15, -0.1) is 5.23 Å². The zero-order chi connectivity index (χ0) is 9.84. The topological polar surface area (TPSA) is 87.8 Å². The van der Waals surface area contributed by atoms with Crippen LogP contribution in [0, 0.1) is 0 Å². The van der Waals surface area contributed by atoms with E-state index in [1.165, 1.54) is 10.8 Å². The summed E-state index contributed by atoms with van der Waals surface area (Å²) in [6, 6.07) is 0. The third kappa shape index (κ3) is 1.95. The van der Waals surface area contributed by atoms with Crippen molar-refractivity contribution in [2.24, 2.45) is 7.05 Å². The summed E-state index contributed by atoms with van der Waals surface area (Å²) in [5, 5.41) is 17.3. The summed E-state index contributed by atoms with van der Waals surface area (Å²) < 4.78 is 5.83. The van der Waals surface area contributed by atoms with Crippen LogP contribution >= 0.6 is 0 Å². The lowest BCUT2D eigenvalue weighted by Gasteiger charge is -2.08. The number of aromatic nitrogens is 2. The molecule has 0 radical (unpaired) electrons. The molecule has 0 aromatic carbocycles. The van der Waals surface area contributed by atoms with Crippen LogP contribution in [0.4, 0.5) is 5.82 Å². The Hall–Kier alpha value is -1.60. The van der Waals surface area contributed by atoms with Crippen LogP contribution in [-0.4, -0.2) is 26.4 Å². The van der Waals surface area contributed by atoms with E-state index in [1.807, 2.05) is 0 Å². The molecular weight excluding hydrogens is 178 g/mol. The predicted octanol–water partition coefficient (Wildman–Crippen LogP) is -0.322. The zero-order valence-electron chi connectivity index (χ0n) is 6.91. The number of anilines is 1. The predicted molar refractivity (Wildman–Crippen MR) is 40.1 cm³/mol. The summed E-state index contributed by atoms with van der Waals surface area (Å²) in [6.07, 6.45) is 1.24. The van der Waals surface area contributed by atoms with Gasteiger partial charge in [-0.25, -0.2) is 4.98 Å². The Kier molecular flexibility index (Phi) is 2.83. The molecule has 0 aliphatic carbocycles. The second-order valence-corrected chi connectivity index (χ2v) is 2.29. The van der Waals surface area contributed by atoms with Crippen molar-refractivity contribution >= 4 is 12.3 Å². The largest absolute Gasteiger partial charge is 0.460 e. The zero-order valence-corrected chi connectivity index (χ0v) is 6.91. The Balaban J connectivity index is 2.80. The normalized spacial score (nSPS) is 9.77. The molecule has 1 aromatic rings. The van der Waals surface area contributed by atoms with Crippen LogP contribution in [0.1, 0.15) is 5.82 Å².